The minimum atomic E-state index is -0.947. The number of fused-ring (bicyclic) bond motifs is 1. The van der Waals surface area contributed by atoms with Crippen molar-refractivity contribution in [1.82, 2.24) is 0 Å². The summed E-state index contributed by atoms with van der Waals surface area (Å²) in [6, 6.07) is 7.14. The highest BCUT2D eigenvalue weighted by molar-refractivity contribution is 7.99. The van der Waals surface area contributed by atoms with Crippen LogP contribution >= 0.6 is 11.8 Å². The number of hydrogen-bond donors (Lipinski definition) is 0. The first-order valence-electron chi connectivity index (χ1n) is 5.53. The Labute approximate surface area is 109 Å². The van der Waals surface area contributed by atoms with Crippen LogP contribution in [0.2, 0.25) is 0 Å². The van der Waals surface area contributed by atoms with Crippen molar-refractivity contribution in [2.45, 2.75) is 11.3 Å². The Morgan fingerprint density at radius 1 is 1.33 bits per heavy atom. The molecule has 5 heteroatoms. The van der Waals surface area contributed by atoms with E-state index in [-0.39, 0.29) is 5.78 Å². The Hall–Kier alpha value is -1.62. The Bertz CT molecular complexity index is 509. The van der Waals surface area contributed by atoms with E-state index in [1.807, 2.05) is 12.1 Å². The minimum absolute atomic E-state index is 0.286. The zero-order chi connectivity index (χ0) is 13.1. The molecule has 18 heavy (non-hydrogen) atoms. The lowest BCUT2D eigenvalue weighted by atomic mass is 9.91. The molecule has 0 spiro atoms. The second kappa shape index (κ2) is 5.35. The topological polar surface area (TPSA) is 60.4 Å². The summed E-state index contributed by atoms with van der Waals surface area (Å²) in [5.74, 6) is -2.26. The lowest BCUT2D eigenvalue weighted by Gasteiger charge is -2.10. The molecule has 1 heterocycles. The zero-order valence-corrected chi connectivity index (χ0v) is 10.7. The summed E-state index contributed by atoms with van der Waals surface area (Å²) in [6.45, 7) is 0. The van der Waals surface area contributed by atoms with E-state index in [1.165, 1.54) is 11.8 Å². The minimum Gasteiger partial charge on any atom is -0.463 e. The number of carbonyl (C=O) groups excluding carboxylic acids is 3. The molecular formula is C13H12O4S. The van der Waals surface area contributed by atoms with Gasteiger partial charge in [0.05, 0.1) is 13.0 Å². The van der Waals surface area contributed by atoms with E-state index in [9.17, 15) is 14.4 Å². The van der Waals surface area contributed by atoms with E-state index in [4.69, 9.17) is 0 Å². The molecule has 1 atom stereocenters. The fourth-order valence-corrected chi connectivity index (χ4v) is 2.97. The molecule has 0 radical (unpaired) electrons. The van der Waals surface area contributed by atoms with Crippen molar-refractivity contribution in [2.24, 2.45) is 5.92 Å². The van der Waals surface area contributed by atoms with Crippen LogP contribution in [-0.4, -0.2) is 30.4 Å². The van der Waals surface area contributed by atoms with E-state index < -0.39 is 17.7 Å². The van der Waals surface area contributed by atoms with Crippen LogP contribution in [0.4, 0.5) is 0 Å². The first-order valence-corrected chi connectivity index (χ1v) is 6.52. The summed E-state index contributed by atoms with van der Waals surface area (Å²) < 4.78 is 4.39. The van der Waals surface area contributed by atoms with Gasteiger partial charge in [-0.3, -0.25) is 9.59 Å². The Balaban J connectivity index is 2.34. The van der Waals surface area contributed by atoms with Crippen LogP contribution in [0.25, 0.3) is 0 Å². The summed E-state index contributed by atoms with van der Waals surface area (Å²) in [5.41, 5.74) is 0.516. The number of thioether (sulfide) groups is 1. The lowest BCUT2D eigenvalue weighted by molar-refractivity contribution is -0.152. The largest absolute Gasteiger partial charge is 0.463 e. The third kappa shape index (κ3) is 2.31. The van der Waals surface area contributed by atoms with Crippen molar-refractivity contribution in [2.75, 3.05) is 12.9 Å². The van der Waals surface area contributed by atoms with Crippen LogP contribution in [0.15, 0.2) is 29.2 Å². The van der Waals surface area contributed by atoms with Gasteiger partial charge in [0.15, 0.2) is 5.78 Å². The zero-order valence-electron chi connectivity index (χ0n) is 9.84. The van der Waals surface area contributed by atoms with Gasteiger partial charge in [0.25, 0.3) is 5.78 Å². The van der Waals surface area contributed by atoms with Crippen molar-refractivity contribution in [3.8, 4) is 0 Å². The van der Waals surface area contributed by atoms with Crippen LogP contribution < -0.4 is 0 Å². The summed E-state index contributed by atoms with van der Waals surface area (Å²) >= 11 is 1.53. The highest BCUT2D eigenvalue weighted by Crippen LogP contribution is 2.31. The molecule has 1 aromatic rings. The molecule has 1 aliphatic heterocycles. The molecule has 0 saturated carbocycles. The van der Waals surface area contributed by atoms with Gasteiger partial charge >= 0.3 is 5.97 Å². The first kappa shape index (κ1) is 12.8. The third-order valence-electron chi connectivity index (χ3n) is 2.84. The fourth-order valence-electron chi connectivity index (χ4n) is 1.89. The van der Waals surface area contributed by atoms with Gasteiger partial charge in [-0.05, 0) is 18.2 Å². The third-order valence-corrected chi connectivity index (χ3v) is 3.94. The van der Waals surface area contributed by atoms with Gasteiger partial charge in [-0.2, -0.15) is 0 Å². The van der Waals surface area contributed by atoms with Crippen molar-refractivity contribution < 1.29 is 19.1 Å². The molecule has 0 fully saturated rings. The molecule has 1 unspecified atom stereocenters. The normalized spacial score (nSPS) is 18.7. The van der Waals surface area contributed by atoms with Gasteiger partial charge in [-0.25, -0.2) is 4.79 Å². The maximum atomic E-state index is 12.3. The molecule has 0 N–H and O–H groups in total. The SMILES string of the molecule is COC(=O)C(=O)C1CCSc2ccccc2C1=O. The van der Waals surface area contributed by atoms with Crippen LogP contribution in [0.3, 0.4) is 0 Å². The fraction of sp³-hybridized carbons (Fsp3) is 0.308. The molecule has 1 aromatic carbocycles. The standard InChI is InChI=1S/C13H12O4S/c1-17-13(16)12(15)9-6-7-18-10-5-3-2-4-8(10)11(9)14/h2-5,9H,6-7H2,1H3. The second-order valence-electron chi connectivity index (χ2n) is 3.91. The van der Waals surface area contributed by atoms with E-state index in [1.54, 1.807) is 12.1 Å². The quantitative estimate of drug-likeness (QED) is 0.462. The van der Waals surface area contributed by atoms with Crippen LogP contribution in [0, 0.1) is 5.92 Å². The van der Waals surface area contributed by atoms with Crippen molar-refractivity contribution in [3.05, 3.63) is 29.8 Å². The molecule has 2 rings (SSSR count). The van der Waals surface area contributed by atoms with Crippen LogP contribution in [0.1, 0.15) is 16.8 Å². The summed E-state index contributed by atoms with van der Waals surface area (Å²) in [7, 11) is 1.14. The Morgan fingerprint density at radius 3 is 2.78 bits per heavy atom. The summed E-state index contributed by atoms with van der Waals surface area (Å²) in [4.78, 5) is 36.2. The smallest absolute Gasteiger partial charge is 0.375 e. The predicted octanol–water partition coefficient (Wildman–Crippen LogP) is 1.72. The molecule has 0 aromatic heterocycles. The average Bonchev–Trinajstić information content (AvgIpc) is 2.57. The van der Waals surface area contributed by atoms with Gasteiger partial charge in [0.2, 0.25) is 0 Å². The van der Waals surface area contributed by atoms with Gasteiger partial charge in [-0.1, -0.05) is 18.2 Å². The first-order chi connectivity index (χ1) is 8.65. The molecule has 0 amide bonds. The summed E-state index contributed by atoms with van der Waals surface area (Å²) in [5, 5.41) is 0. The van der Waals surface area contributed by atoms with E-state index in [0.717, 1.165) is 12.0 Å². The predicted molar refractivity (Wildman–Crippen MR) is 66.6 cm³/mol. The molecule has 0 bridgehead atoms. The molecule has 4 nitrogen and oxygen atoms in total. The number of methoxy groups -OCH3 is 1. The van der Waals surface area contributed by atoms with Crippen LogP contribution in [0.5, 0.6) is 0 Å². The van der Waals surface area contributed by atoms with Crippen LogP contribution in [-0.2, 0) is 14.3 Å². The van der Waals surface area contributed by atoms with E-state index >= 15 is 0 Å². The van der Waals surface area contributed by atoms with Gasteiger partial charge in [0, 0.05) is 10.5 Å². The number of rotatable bonds is 2. The highest BCUT2D eigenvalue weighted by Gasteiger charge is 2.35. The molecule has 1 aliphatic rings. The molecule has 94 valence electrons. The number of Topliss-reactive ketones (excluding diaryl/α,β-unsaturated/α-hetero) is 2. The maximum absolute atomic E-state index is 12.3. The van der Waals surface area contributed by atoms with E-state index in [2.05, 4.69) is 4.74 Å². The Morgan fingerprint density at radius 2 is 2.06 bits per heavy atom. The van der Waals surface area contributed by atoms with Crippen molar-refractivity contribution >= 4 is 29.3 Å². The Kier molecular flexibility index (Phi) is 3.81. The number of hydrogen-bond acceptors (Lipinski definition) is 5. The number of ether oxygens (including phenoxy) is 1. The number of esters is 1. The van der Waals surface area contributed by atoms with Crippen molar-refractivity contribution in [1.29, 1.82) is 0 Å². The van der Waals surface area contributed by atoms with Gasteiger partial charge in [-0.15, -0.1) is 11.8 Å². The maximum Gasteiger partial charge on any atom is 0.375 e. The second-order valence-corrected chi connectivity index (χ2v) is 5.04. The summed E-state index contributed by atoms with van der Waals surface area (Å²) in [6.07, 6.45) is 0.367. The number of benzene rings is 1. The molecule has 0 aliphatic carbocycles. The monoisotopic (exact) mass is 264 g/mol. The number of carbonyl (C=O) groups is 3. The average molecular weight is 264 g/mol. The highest BCUT2D eigenvalue weighted by atomic mass is 32.2. The lowest BCUT2D eigenvalue weighted by Crippen LogP contribution is -2.31. The van der Waals surface area contributed by atoms with Gasteiger partial charge in [0.1, 0.15) is 0 Å². The van der Waals surface area contributed by atoms with Gasteiger partial charge < -0.3 is 4.74 Å². The van der Waals surface area contributed by atoms with Crippen molar-refractivity contribution in [3.63, 3.8) is 0 Å². The molecule has 0 saturated heterocycles. The number of ketones is 2. The van der Waals surface area contributed by atoms with E-state index in [0.29, 0.717) is 17.7 Å². The molecular weight excluding hydrogens is 252 g/mol.